The molecule has 8 heteroatoms. The lowest BCUT2D eigenvalue weighted by atomic mass is 9.65. The van der Waals surface area contributed by atoms with Crippen molar-refractivity contribution in [2.24, 2.45) is 0 Å². The van der Waals surface area contributed by atoms with Crippen molar-refractivity contribution in [2.75, 3.05) is 0 Å². The normalized spacial score (nSPS) is 51.0. The van der Waals surface area contributed by atoms with Crippen LogP contribution in [0.15, 0.2) is 11.7 Å². The predicted molar refractivity (Wildman–Crippen MR) is 43.0 cm³/mol. The van der Waals surface area contributed by atoms with Crippen molar-refractivity contribution in [3.8, 4) is 0 Å². The van der Waals surface area contributed by atoms with Crippen LogP contribution in [0.2, 0.25) is 0 Å². The van der Waals surface area contributed by atoms with Gasteiger partial charge in [-0.05, 0) is 12.8 Å². The molecule has 1 saturated carbocycles. The van der Waals surface area contributed by atoms with Gasteiger partial charge in [0.2, 0.25) is 11.3 Å². The van der Waals surface area contributed by atoms with Gasteiger partial charge in [0.1, 0.15) is 0 Å². The minimum atomic E-state index is -4.19. The summed E-state index contributed by atoms with van der Waals surface area (Å²) in [5.74, 6) is -8.90. The summed E-state index contributed by atoms with van der Waals surface area (Å²) < 4.78 is 67.3. The lowest BCUT2D eigenvalue weighted by Crippen LogP contribution is -2.76. The zero-order valence-corrected chi connectivity index (χ0v) is 8.33. The molecule has 3 aliphatic rings. The fourth-order valence-electron chi connectivity index (χ4n) is 2.06. The van der Waals surface area contributed by atoms with Gasteiger partial charge in [-0.15, -0.1) is 0 Å². The van der Waals surface area contributed by atoms with Crippen LogP contribution in [0.1, 0.15) is 12.8 Å². The SMILES string of the molecule is OC1(O)[C@](F)(Cl)[C@@]2(F)CC[C@]1(F)C(F)=C2F. The molecule has 0 amide bonds. The summed E-state index contributed by atoms with van der Waals surface area (Å²) in [6.45, 7) is 0. The number of alkyl halides is 4. The first-order valence-electron chi connectivity index (χ1n) is 4.29. The van der Waals surface area contributed by atoms with E-state index in [1.54, 1.807) is 0 Å². The Hall–Kier alpha value is -0.400. The zero-order chi connectivity index (χ0) is 12.6. The second-order valence-corrected chi connectivity index (χ2v) is 4.50. The first-order chi connectivity index (χ1) is 7.02. The van der Waals surface area contributed by atoms with E-state index in [9.17, 15) is 22.0 Å². The average molecular weight is 265 g/mol. The Kier molecular flexibility index (Phi) is 2.04. The highest BCUT2D eigenvalue weighted by Crippen LogP contribution is 2.65. The van der Waals surface area contributed by atoms with Crippen LogP contribution in [-0.2, 0) is 0 Å². The fraction of sp³-hybridized carbons (Fsp3) is 0.750. The van der Waals surface area contributed by atoms with Crippen LogP contribution < -0.4 is 0 Å². The van der Waals surface area contributed by atoms with Gasteiger partial charge >= 0.3 is 0 Å². The molecular weight excluding hydrogens is 259 g/mol. The summed E-state index contributed by atoms with van der Waals surface area (Å²) in [4.78, 5) is 0. The minimum Gasteiger partial charge on any atom is -0.359 e. The van der Waals surface area contributed by atoms with Gasteiger partial charge in [-0.2, -0.15) is 0 Å². The van der Waals surface area contributed by atoms with Gasteiger partial charge in [-0.3, -0.25) is 0 Å². The van der Waals surface area contributed by atoms with E-state index in [-0.39, 0.29) is 0 Å². The van der Waals surface area contributed by atoms with Crippen molar-refractivity contribution in [1.29, 1.82) is 0 Å². The second-order valence-electron chi connectivity index (χ2n) is 3.98. The molecule has 0 aromatic rings. The lowest BCUT2D eigenvalue weighted by molar-refractivity contribution is -0.338. The first kappa shape index (κ1) is 12.1. The van der Waals surface area contributed by atoms with Crippen molar-refractivity contribution in [3.05, 3.63) is 11.7 Å². The van der Waals surface area contributed by atoms with E-state index in [1.165, 1.54) is 0 Å². The van der Waals surface area contributed by atoms with E-state index < -0.39 is 46.7 Å². The smallest absolute Gasteiger partial charge is 0.280 e. The maximum atomic E-state index is 13.8. The van der Waals surface area contributed by atoms with Crippen molar-refractivity contribution in [1.82, 2.24) is 0 Å². The van der Waals surface area contributed by atoms with Crippen LogP contribution in [0.5, 0.6) is 0 Å². The monoisotopic (exact) mass is 264 g/mol. The molecule has 92 valence electrons. The van der Waals surface area contributed by atoms with Gasteiger partial charge in [0.15, 0.2) is 11.7 Å². The van der Waals surface area contributed by atoms with E-state index in [0.29, 0.717) is 0 Å². The molecule has 0 saturated heterocycles. The second kappa shape index (κ2) is 2.70. The van der Waals surface area contributed by atoms with Crippen LogP contribution in [0, 0.1) is 0 Å². The van der Waals surface area contributed by atoms with E-state index >= 15 is 0 Å². The molecular formula is C8H6ClF5O2. The molecule has 0 aliphatic heterocycles. The van der Waals surface area contributed by atoms with Crippen molar-refractivity contribution in [2.45, 2.75) is 35.1 Å². The minimum absolute atomic E-state index is 1.12. The Morgan fingerprint density at radius 3 is 1.81 bits per heavy atom. The van der Waals surface area contributed by atoms with E-state index in [4.69, 9.17) is 21.8 Å². The maximum Gasteiger partial charge on any atom is 0.280 e. The highest BCUT2D eigenvalue weighted by Gasteiger charge is 2.83. The average Bonchev–Trinajstić information content (AvgIpc) is 2.18. The predicted octanol–water partition coefficient (Wildman–Crippen LogP) is 1.95. The molecule has 0 heterocycles. The Bertz CT molecular complexity index is 360. The van der Waals surface area contributed by atoms with Crippen molar-refractivity contribution < 1.29 is 32.2 Å². The largest absolute Gasteiger partial charge is 0.359 e. The molecule has 2 bridgehead atoms. The Morgan fingerprint density at radius 2 is 1.31 bits per heavy atom. The molecule has 0 aromatic heterocycles. The van der Waals surface area contributed by atoms with Gasteiger partial charge in [0.25, 0.3) is 10.9 Å². The van der Waals surface area contributed by atoms with Gasteiger partial charge in [-0.25, -0.2) is 22.0 Å². The number of hydrogen-bond acceptors (Lipinski definition) is 2. The van der Waals surface area contributed by atoms with Crippen LogP contribution in [0.4, 0.5) is 22.0 Å². The summed E-state index contributed by atoms with van der Waals surface area (Å²) in [5, 5.41) is 14.0. The van der Waals surface area contributed by atoms with Gasteiger partial charge in [0, 0.05) is 0 Å². The van der Waals surface area contributed by atoms with Crippen LogP contribution >= 0.6 is 11.6 Å². The number of hydrogen-bond donors (Lipinski definition) is 2. The number of fused-ring (bicyclic) bond motifs is 2. The Labute approximate surface area is 91.3 Å². The summed E-state index contributed by atoms with van der Waals surface area (Å²) >= 11 is 4.83. The third-order valence-electron chi connectivity index (χ3n) is 3.19. The fourth-order valence-corrected chi connectivity index (χ4v) is 2.39. The summed E-state index contributed by atoms with van der Waals surface area (Å²) in [6.07, 6.45) is -2.24. The van der Waals surface area contributed by atoms with Gasteiger partial charge < -0.3 is 10.2 Å². The third kappa shape index (κ3) is 0.878. The summed E-state index contributed by atoms with van der Waals surface area (Å²) in [7, 11) is 0. The summed E-state index contributed by atoms with van der Waals surface area (Å²) in [6, 6.07) is 0. The summed E-state index contributed by atoms with van der Waals surface area (Å²) in [5.41, 5.74) is -7.56. The maximum absolute atomic E-state index is 13.8. The molecule has 16 heavy (non-hydrogen) atoms. The Balaban J connectivity index is 2.79. The van der Waals surface area contributed by atoms with Crippen LogP contribution in [0.3, 0.4) is 0 Å². The number of aliphatic hydroxyl groups is 2. The number of allylic oxidation sites excluding steroid dienone is 1. The molecule has 3 atom stereocenters. The van der Waals surface area contributed by atoms with Gasteiger partial charge in [-0.1, -0.05) is 11.6 Å². The van der Waals surface area contributed by atoms with Crippen molar-refractivity contribution >= 4 is 11.6 Å². The van der Waals surface area contributed by atoms with Gasteiger partial charge in [0.05, 0.1) is 0 Å². The highest BCUT2D eigenvalue weighted by atomic mass is 35.5. The number of rotatable bonds is 0. The first-order valence-corrected chi connectivity index (χ1v) is 4.67. The topological polar surface area (TPSA) is 40.5 Å². The van der Waals surface area contributed by atoms with E-state index in [0.717, 1.165) is 0 Å². The molecule has 1 fully saturated rings. The molecule has 0 spiro atoms. The van der Waals surface area contributed by atoms with E-state index in [1.807, 2.05) is 0 Å². The molecule has 0 radical (unpaired) electrons. The van der Waals surface area contributed by atoms with Crippen LogP contribution in [0.25, 0.3) is 0 Å². The zero-order valence-electron chi connectivity index (χ0n) is 7.58. The molecule has 2 N–H and O–H groups in total. The van der Waals surface area contributed by atoms with E-state index in [2.05, 4.69) is 0 Å². The van der Waals surface area contributed by atoms with Crippen LogP contribution in [-0.4, -0.2) is 32.5 Å². The standard InChI is InChI=1S/C8H6ClF5O2/c9-7(14)5(12)1-2-6(13,8(7,15)16)4(11)3(5)10/h15-16H,1-2H2/t5-,6+,7+/m1/s1. The lowest BCUT2D eigenvalue weighted by Gasteiger charge is -2.55. The quantitative estimate of drug-likeness (QED) is 0.399. The molecule has 2 nitrogen and oxygen atoms in total. The molecule has 3 aliphatic carbocycles. The third-order valence-corrected chi connectivity index (χ3v) is 3.75. The molecule has 0 unspecified atom stereocenters. The molecule has 0 aromatic carbocycles. The van der Waals surface area contributed by atoms with Crippen molar-refractivity contribution in [3.63, 3.8) is 0 Å². The highest BCUT2D eigenvalue weighted by molar-refractivity contribution is 6.25. The molecule has 3 rings (SSSR count). The Morgan fingerprint density at radius 1 is 0.938 bits per heavy atom. The number of halogens is 6.